The molecule has 0 radical (unpaired) electrons. The molecule has 106 valence electrons. The first-order valence-corrected chi connectivity index (χ1v) is 7.29. The van der Waals surface area contributed by atoms with E-state index in [1.54, 1.807) is 6.33 Å². The van der Waals surface area contributed by atoms with Crippen LogP contribution in [0.5, 0.6) is 0 Å². The van der Waals surface area contributed by atoms with Gasteiger partial charge < -0.3 is 5.32 Å². The van der Waals surface area contributed by atoms with E-state index >= 15 is 0 Å². The monoisotopic (exact) mass is 279 g/mol. The minimum absolute atomic E-state index is 0.670. The van der Waals surface area contributed by atoms with Gasteiger partial charge in [-0.05, 0) is 50.3 Å². The molecule has 5 nitrogen and oxygen atoms in total. The van der Waals surface area contributed by atoms with E-state index in [1.807, 2.05) is 4.52 Å². The summed E-state index contributed by atoms with van der Waals surface area (Å²) in [5.74, 6) is 1.68. The second-order valence-corrected chi connectivity index (χ2v) is 5.58. The highest BCUT2D eigenvalue weighted by atomic mass is 15.4. The standard InChI is InChI=1S/C16H17N5/c1-10-5-3-7-13(11(10)2)19-15-12-6-4-8-14(12)20-16-17-9-18-21(15)16/h3,5,7,9,19H,4,6,8H2,1-2H3. The predicted octanol–water partition coefficient (Wildman–Crippen LogP) is 2.97. The number of hydrogen-bond donors (Lipinski definition) is 1. The van der Waals surface area contributed by atoms with Gasteiger partial charge in [-0.15, -0.1) is 0 Å². The summed E-state index contributed by atoms with van der Waals surface area (Å²) in [7, 11) is 0. The summed E-state index contributed by atoms with van der Waals surface area (Å²) in [6, 6.07) is 6.31. The van der Waals surface area contributed by atoms with Crippen molar-refractivity contribution in [3.8, 4) is 0 Å². The summed E-state index contributed by atoms with van der Waals surface area (Å²) in [5.41, 5.74) is 6.08. The number of anilines is 2. The van der Waals surface area contributed by atoms with Crippen molar-refractivity contribution in [1.82, 2.24) is 19.6 Å². The van der Waals surface area contributed by atoms with Gasteiger partial charge >= 0.3 is 0 Å². The maximum Gasteiger partial charge on any atom is 0.254 e. The van der Waals surface area contributed by atoms with Crippen LogP contribution in [-0.2, 0) is 12.8 Å². The third-order valence-corrected chi connectivity index (χ3v) is 4.31. The molecule has 0 saturated carbocycles. The molecule has 0 spiro atoms. The lowest BCUT2D eigenvalue weighted by atomic mass is 10.1. The van der Waals surface area contributed by atoms with Crippen LogP contribution in [0.1, 0.15) is 28.8 Å². The molecule has 0 saturated heterocycles. The number of nitrogens with one attached hydrogen (secondary N) is 1. The molecule has 0 bridgehead atoms. The molecule has 0 atom stereocenters. The molecule has 0 aliphatic heterocycles. The van der Waals surface area contributed by atoms with Gasteiger partial charge in [-0.1, -0.05) is 12.1 Å². The number of hydrogen-bond acceptors (Lipinski definition) is 4. The molecule has 1 aliphatic rings. The van der Waals surface area contributed by atoms with Crippen LogP contribution in [0, 0.1) is 13.8 Å². The van der Waals surface area contributed by atoms with E-state index in [0.29, 0.717) is 5.78 Å². The summed E-state index contributed by atoms with van der Waals surface area (Å²) < 4.78 is 1.81. The number of nitrogens with zero attached hydrogens (tertiary/aromatic N) is 4. The van der Waals surface area contributed by atoms with Gasteiger partial charge in [0.2, 0.25) is 0 Å². The van der Waals surface area contributed by atoms with Crippen LogP contribution in [0.3, 0.4) is 0 Å². The van der Waals surface area contributed by atoms with Crippen molar-refractivity contribution in [2.24, 2.45) is 0 Å². The molecule has 0 unspecified atom stereocenters. The van der Waals surface area contributed by atoms with Crippen LogP contribution in [0.2, 0.25) is 0 Å². The van der Waals surface area contributed by atoms with Crippen molar-refractivity contribution in [1.29, 1.82) is 0 Å². The van der Waals surface area contributed by atoms with Gasteiger partial charge in [0.05, 0.1) is 5.69 Å². The van der Waals surface area contributed by atoms with Gasteiger partial charge in [0.1, 0.15) is 12.1 Å². The number of aromatic nitrogens is 4. The van der Waals surface area contributed by atoms with Crippen LogP contribution in [-0.4, -0.2) is 19.6 Å². The van der Waals surface area contributed by atoms with E-state index in [9.17, 15) is 0 Å². The zero-order valence-corrected chi connectivity index (χ0v) is 12.2. The summed E-state index contributed by atoms with van der Waals surface area (Å²) in [6.45, 7) is 4.26. The minimum Gasteiger partial charge on any atom is -0.340 e. The zero-order chi connectivity index (χ0) is 14.4. The minimum atomic E-state index is 0.670. The van der Waals surface area contributed by atoms with Gasteiger partial charge in [0.15, 0.2) is 0 Å². The Morgan fingerprint density at radius 1 is 1.19 bits per heavy atom. The Morgan fingerprint density at radius 3 is 3.00 bits per heavy atom. The smallest absolute Gasteiger partial charge is 0.254 e. The van der Waals surface area contributed by atoms with Crippen molar-refractivity contribution >= 4 is 17.3 Å². The molecule has 2 aromatic heterocycles. The maximum atomic E-state index is 4.61. The quantitative estimate of drug-likeness (QED) is 0.783. The molecule has 1 aliphatic carbocycles. The van der Waals surface area contributed by atoms with Gasteiger partial charge in [0, 0.05) is 11.3 Å². The molecule has 1 N–H and O–H groups in total. The van der Waals surface area contributed by atoms with Gasteiger partial charge in [-0.3, -0.25) is 0 Å². The number of benzene rings is 1. The van der Waals surface area contributed by atoms with Crippen molar-refractivity contribution in [3.63, 3.8) is 0 Å². The van der Waals surface area contributed by atoms with Crippen LogP contribution >= 0.6 is 0 Å². The lowest BCUT2D eigenvalue weighted by Gasteiger charge is -2.15. The predicted molar refractivity (Wildman–Crippen MR) is 82.0 cm³/mol. The second kappa shape index (κ2) is 4.55. The summed E-state index contributed by atoms with van der Waals surface area (Å²) in [5, 5.41) is 7.89. The first kappa shape index (κ1) is 12.3. The lowest BCUT2D eigenvalue weighted by Crippen LogP contribution is -2.07. The van der Waals surface area contributed by atoms with E-state index in [0.717, 1.165) is 36.5 Å². The molecule has 2 heterocycles. The fourth-order valence-electron chi connectivity index (χ4n) is 2.97. The van der Waals surface area contributed by atoms with Crippen LogP contribution < -0.4 is 5.32 Å². The number of fused-ring (bicyclic) bond motifs is 2. The van der Waals surface area contributed by atoms with Crippen LogP contribution in [0.4, 0.5) is 11.5 Å². The Hall–Kier alpha value is -2.43. The van der Waals surface area contributed by atoms with Gasteiger partial charge in [-0.25, -0.2) is 4.98 Å². The van der Waals surface area contributed by atoms with E-state index in [4.69, 9.17) is 0 Å². The van der Waals surface area contributed by atoms with Crippen LogP contribution in [0.25, 0.3) is 5.78 Å². The Balaban J connectivity index is 1.90. The molecule has 1 aromatic carbocycles. The molecular weight excluding hydrogens is 262 g/mol. The highest BCUT2D eigenvalue weighted by molar-refractivity contribution is 5.67. The molecule has 0 fully saturated rings. The fraction of sp³-hybridized carbons (Fsp3) is 0.312. The van der Waals surface area contributed by atoms with Crippen LogP contribution in [0.15, 0.2) is 24.5 Å². The zero-order valence-electron chi connectivity index (χ0n) is 12.2. The largest absolute Gasteiger partial charge is 0.340 e. The maximum absolute atomic E-state index is 4.61. The van der Waals surface area contributed by atoms with E-state index < -0.39 is 0 Å². The Morgan fingerprint density at radius 2 is 2.10 bits per heavy atom. The summed E-state index contributed by atoms with van der Waals surface area (Å²) in [4.78, 5) is 8.85. The van der Waals surface area contributed by atoms with Crippen molar-refractivity contribution in [2.75, 3.05) is 5.32 Å². The fourth-order valence-corrected chi connectivity index (χ4v) is 2.97. The Bertz CT molecular complexity index is 834. The highest BCUT2D eigenvalue weighted by Crippen LogP contribution is 2.31. The molecular formula is C16H17N5. The molecule has 21 heavy (non-hydrogen) atoms. The molecule has 0 amide bonds. The number of aryl methyl sites for hydroxylation is 2. The first-order valence-electron chi connectivity index (χ1n) is 7.29. The Labute approximate surface area is 123 Å². The number of rotatable bonds is 2. The normalized spacial score (nSPS) is 13.6. The lowest BCUT2D eigenvalue weighted by molar-refractivity contribution is 0.900. The average molecular weight is 279 g/mol. The molecule has 5 heteroatoms. The highest BCUT2D eigenvalue weighted by Gasteiger charge is 2.21. The summed E-state index contributed by atoms with van der Waals surface area (Å²) in [6.07, 6.45) is 4.79. The van der Waals surface area contributed by atoms with E-state index in [1.165, 1.54) is 16.7 Å². The van der Waals surface area contributed by atoms with E-state index in [-0.39, 0.29) is 0 Å². The van der Waals surface area contributed by atoms with Gasteiger partial charge in [0.25, 0.3) is 5.78 Å². The Kier molecular flexibility index (Phi) is 2.67. The SMILES string of the molecule is Cc1cccc(Nc2c3c(nc4ncnn24)CCC3)c1C. The van der Waals surface area contributed by atoms with Crippen molar-refractivity contribution in [3.05, 3.63) is 46.9 Å². The average Bonchev–Trinajstić information content (AvgIpc) is 3.11. The van der Waals surface area contributed by atoms with E-state index in [2.05, 4.69) is 52.4 Å². The van der Waals surface area contributed by atoms with Crippen molar-refractivity contribution in [2.45, 2.75) is 33.1 Å². The third-order valence-electron chi connectivity index (χ3n) is 4.31. The molecule has 4 rings (SSSR count). The first-order chi connectivity index (χ1) is 10.2. The van der Waals surface area contributed by atoms with Crippen molar-refractivity contribution < 1.29 is 0 Å². The third kappa shape index (κ3) is 1.88. The second-order valence-electron chi connectivity index (χ2n) is 5.58. The topological polar surface area (TPSA) is 55.1 Å². The summed E-state index contributed by atoms with van der Waals surface area (Å²) >= 11 is 0. The van der Waals surface area contributed by atoms with Gasteiger partial charge in [-0.2, -0.15) is 14.6 Å². The molecule has 3 aromatic rings.